The Bertz CT molecular complexity index is 337. The van der Waals surface area contributed by atoms with Crippen molar-refractivity contribution in [3.05, 3.63) is 24.2 Å². The molecule has 0 aromatic carbocycles. The third-order valence-corrected chi connectivity index (χ3v) is 4.09. The van der Waals surface area contributed by atoms with Gasteiger partial charge < -0.3 is 9.73 Å². The van der Waals surface area contributed by atoms with E-state index in [9.17, 15) is 4.79 Å². The monoisotopic (exact) mass is 285 g/mol. The molecule has 88 valence electrons. The minimum absolute atomic E-state index is 0.110. The van der Waals surface area contributed by atoms with Crippen molar-refractivity contribution >= 4 is 21.8 Å². The van der Waals surface area contributed by atoms with Gasteiger partial charge in [-0.15, -0.1) is 0 Å². The Morgan fingerprint density at radius 1 is 1.38 bits per heavy atom. The molecule has 4 heteroatoms. The Morgan fingerprint density at radius 3 is 2.94 bits per heavy atom. The van der Waals surface area contributed by atoms with Gasteiger partial charge in [-0.1, -0.05) is 35.2 Å². The molecule has 1 saturated carbocycles. The zero-order valence-electron chi connectivity index (χ0n) is 9.12. The highest BCUT2D eigenvalue weighted by molar-refractivity contribution is 9.09. The summed E-state index contributed by atoms with van der Waals surface area (Å²) in [5.74, 6) is 0.283. The predicted octanol–water partition coefficient (Wildman–Crippen LogP) is 3.11. The molecule has 16 heavy (non-hydrogen) atoms. The Balaban J connectivity index is 1.95. The maximum Gasteiger partial charge on any atom is 0.287 e. The van der Waals surface area contributed by atoms with E-state index in [0.717, 1.165) is 12.8 Å². The van der Waals surface area contributed by atoms with Crippen molar-refractivity contribution in [1.82, 2.24) is 5.32 Å². The average Bonchev–Trinajstić information content (AvgIpc) is 2.73. The first-order valence-electron chi connectivity index (χ1n) is 5.76. The molecule has 1 N–H and O–H groups in total. The second-order valence-electron chi connectivity index (χ2n) is 4.21. The standard InChI is InChI=1S/C12H16BrNO2/c13-9-5-2-1-3-6-10(9)14-12(15)11-7-4-8-16-11/h4,7-10H,1-3,5-6H2,(H,14,15). The number of rotatable bonds is 2. The number of hydrogen-bond donors (Lipinski definition) is 1. The first-order valence-corrected chi connectivity index (χ1v) is 6.67. The summed E-state index contributed by atoms with van der Waals surface area (Å²) in [7, 11) is 0. The van der Waals surface area contributed by atoms with Crippen LogP contribution in [-0.2, 0) is 0 Å². The van der Waals surface area contributed by atoms with Crippen LogP contribution < -0.4 is 5.32 Å². The Kier molecular flexibility index (Phi) is 4.04. The van der Waals surface area contributed by atoms with Crippen molar-refractivity contribution < 1.29 is 9.21 Å². The van der Waals surface area contributed by atoms with E-state index in [-0.39, 0.29) is 11.9 Å². The molecule has 3 nitrogen and oxygen atoms in total. The molecule has 1 amide bonds. The summed E-state index contributed by atoms with van der Waals surface area (Å²) in [6, 6.07) is 3.64. The van der Waals surface area contributed by atoms with Gasteiger partial charge in [0, 0.05) is 10.9 Å². The van der Waals surface area contributed by atoms with Gasteiger partial charge in [0.05, 0.1) is 6.26 Å². The van der Waals surface area contributed by atoms with E-state index in [1.165, 1.54) is 25.5 Å². The van der Waals surface area contributed by atoms with E-state index in [0.29, 0.717) is 10.6 Å². The molecule has 1 aromatic rings. The highest BCUT2D eigenvalue weighted by Crippen LogP contribution is 2.23. The van der Waals surface area contributed by atoms with Crippen LogP contribution in [0.2, 0.25) is 0 Å². The maximum absolute atomic E-state index is 11.8. The van der Waals surface area contributed by atoms with Crippen molar-refractivity contribution in [2.45, 2.75) is 43.0 Å². The summed E-state index contributed by atoms with van der Waals surface area (Å²) in [6.45, 7) is 0. The quantitative estimate of drug-likeness (QED) is 0.670. The molecule has 1 aliphatic rings. The van der Waals surface area contributed by atoms with Gasteiger partial charge in [0.15, 0.2) is 5.76 Å². The molecule has 2 atom stereocenters. The van der Waals surface area contributed by atoms with E-state index in [1.807, 2.05) is 0 Å². The van der Waals surface area contributed by atoms with Crippen LogP contribution >= 0.6 is 15.9 Å². The van der Waals surface area contributed by atoms with Gasteiger partial charge in [-0.2, -0.15) is 0 Å². The van der Waals surface area contributed by atoms with Crippen LogP contribution in [0.25, 0.3) is 0 Å². The van der Waals surface area contributed by atoms with Crippen molar-refractivity contribution in [3.8, 4) is 0 Å². The lowest BCUT2D eigenvalue weighted by Gasteiger charge is -2.20. The number of alkyl halides is 1. The van der Waals surface area contributed by atoms with E-state index >= 15 is 0 Å². The normalized spacial score (nSPS) is 26.1. The molecule has 0 spiro atoms. The molecule has 1 fully saturated rings. The number of nitrogens with one attached hydrogen (secondary N) is 1. The van der Waals surface area contributed by atoms with Gasteiger partial charge in [-0.3, -0.25) is 4.79 Å². The summed E-state index contributed by atoms with van der Waals surface area (Å²) in [4.78, 5) is 12.2. The van der Waals surface area contributed by atoms with Gasteiger partial charge in [0.1, 0.15) is 0 Å². The van der Waals surface area contributed by atoms with Gasteiger partial charge in [0.25, 0.3) is 5.91 Å². The fourth-order valence-corrected chi connectivity index (χ4v) is 2.79. The third-order valence-electron chi connectivity index (χ3n) is 2.99. The first-order chi connectivity index (χ1) is 7.77. The molecule has 1 heterocycles. The van der Waals surface area contributed by atoms with Crippen molar-refractivity contribution in [1.29, 1.82) is 0 Å². The topological polar surface area (TPSA) is 42.2 Å². The fraction of sp³-hybridized carbons (Fsp3) is 0.583. The highest BCUT2D eigenvalue weighted by Gasteiger charge is 2.23. The van der Waals surface area contributed by atoms with Gasteiger partial charge in [-0.05, 0) is 25.0 Å². The summed E-state index contributed by atoms with van der Waals surface area (Å²) >= 11 is 3.65. The van der Waals surface area contributed by atoms with Crippen molar-refractivity contribution in [3.63, 3.8) is 0 Å². The SMILES string of the molecule is O=C(NC1CCCCCC1Br)c1ccco1. The predicted molar refractivity (Wildman–Crippen MR) is 65.8 cm³/mol. The lowest BCUT2D eigenvalue weighted by Crippen LogP contribution is -2.40. The fourth-order valence-electron chi connectivity index (χ4n) is 2.07. The number of hydrogen-bond acceptors (Lipinski definition) is 2. The van der Waals surface area contributed by atoms with Gasteiger partial charge >= 0.3 is 0 Å². The molecule has 0 radical (unpaired) electrons. The third kappa shape index (κ3) is 2.88. The molecular weight excluding hydrogens is 270 g/mol. The first kappa shape index (κ1) is 11.7. The number of carbonyl (C=O) groups excluding carboxylic acids is 1. The van der Waals surface area contributed by atoms with E-state index in [2.05, 4.69) is 21.2 Å². The van der Waals surface area contributed by atoms with Gasteiger partial charge in [-0.25, -0.2) is 0 Å². The molecule has 0 saturated heterocycles. The zero-order valence-corrected chi connectivity index (χ0v) is 10.7. The minimum atomic E-state index is -0.110. The average molecular weight is 286 g/mol. The second-order valence-corrected chi connectivity index (χ2v) is 5.39. The molecular formula is C12H16BrNO2. The van der Waals surface area contributed by atoms with Crippen LogP contribution in [0, 0.1) is 0 Å². The minimum Gasteiger partial charge on any atom is -0.459 e. The number of amides is 1. The molecule has 1 aliphatic carbocycles. The van der Waals surface area contributed by atoms with Crippen molar-refractivity contribution in [2.24, 2.45) is 0 Å². The van der Waals surface area contributed by atoms with E-state index in [1.54, 1.807) is 12.1 Å². The zero-order chi connectivity index (χ0) is 11.4. The van der Waals surface area contributed by atoms with E-state index < -0.39 is 0 Å². The molecule has 0 aliphatic heterocycles. The Hall–Kier alpha value is -0.770. The second kappa shape index (κ2) is 5.53. The van der Waals surface area contributed by atoms with Crippen LogP contribution in [0.1, 0.15) is 42.7 Å². The van der Waals surface area contributed by atoms with Crippen LogP contribution in [0.15, 0.2) is 22.8 Å². The Morgan fingerprint density at radius 2 is 2.19 bits per heavy atom. The maximum atomic E-state index is 11.8. The number of halogens is 1. The van der Waals surface area contributed by atoms with Crippen LogP contribution in [-0.4, -0.2) is 16.8 Å². The Labute approximate surface area is 104 Å². The number of furan rings is 1. The molecule has 2 rings (SSSR count). The lowest BCUT2D eigenvalue weighted by molar-refractivity contribution is 0.0907. The molecule has 2 unspecified atom stereocenters. The summed E-state index contributed by atoms with van der Waals surface area (Å²) < 4.78 is 5.08. The summed E-state index contributed by atoms with van der Waals surface area (Å²) in [5, 5.41) is 3.03. The smallest absolute Gasteiger partial charge is 0.287 e. The van der Waals surface area contributed by atoms with Crippen LogP contribution in [0.3, 0.4) is 0 Å². The largest absolute Gasteiger partial charge is 0.459 e. The molecule has 1 aromatic heterocycles. The van der Waals surface area contributed by atoms with Crippen molar-refractivity contribution in [2.75, 3.05) is 0 Å². The molecule has 0 bridgehead atoms. The lowest BCUT2D eigenvalue weighted by atomic mass is 10.1. The van der Waals surface area contributed by atoms with Crippen LogP contribution in [0.5, 0.6) is 0 Å². The van der Waals surface area contributed by atoms with Crippen LogP contribution in [0.4, 0.5) is 0 Å². The highest BCUT2D eigenvalue weighted by atomic mass is 79.9. The summed E-state index contributed by atoms with van der Waals surface area (Å²) in [5.41, 5.74) is 0. The van der Waals surface area contributed by atoms with E-state index in [4.69, 9.17) is 4.42 Å². The summed E-state index contributed by atoms with van der Waals surface area (Å²) in [6.07, 6.45) is 7.38. The van der Waals surface area contributed by atoms with Gasteiger partial charge in [0.2, 0.25) is 0 Å². The number of carbonyl (C=O) groups is 1.